The van der Waals surface area contributed by atoms with E-state index in [4.69, 9.17) is 19.8 Å². The number of benzene rings is 3. The Balaban J connectivity index is 0.000000928. The maximum absolute atomic E-state index is 13.7. The van der Waals surface area contributed by atoms with Gasteiger partial charge in [0.2, 0.25) is 5.91 Å². The molecule has 0 saturated carbocycles. The first-order chi connectivity index (χ1) is 20.1. The van der Waals surface area contributed by atoms with Crippen molar-refractivity contribution >= 4 is 35.1 Å². The Kier molecular flexibility index (Phi) is 13.3. The lowest BCUT2D eigenvalue weighted by atomic mass is 10.1. The molecule has 2 amide bonds. The monoisotopic (exact) mass is 578 g/mol. The number of rotatable bonds is 12. The molecule has 0 aliphatic carbocycles. The molecule has 3 aromatic rings. The van der Waals surface area contributed by atoms with Crippen molar-refractivity contribution < 1.29 is 34.3 Å². The molecule has 0 aliphatic heterocycles. The normalized spacial score (nSPS) is 10.3. The highest BCUT2D eigenvalue weighted by molar-refractivity contribution is 6.27. The molecule has 0 unspecified atom stereocenters. The summed E-state index contributed by atoms with van der Waals surface area (Å²) in [7, 11) is 0. The average molecular weight is 579 g/mol. The number of nitrogens with zero attached hydrogens (tertiary/aromatic N) is 4. The number of para-hydroxylation sites is 1. The number of carboxylic acid groups (broad SMARTS) is 2. The van der Waals surface area contributed by atoms with E-state index in [1.807, 2.05) is 74.5 Å². The largest absolute Gasteiger partial charge is 0.473 e. The molecule has 222 valence electrons. The van der Waals surface area contributed by atoms with Crippen LogP contribution in [-0.4, -0.2) is 81.4 Å². The molecular weight excluding hydrogens is 544 g/mol. The summed E-state index contributed by atoms with van der Waals surface area (Å²) in [5.74, 6) is -4.19. The lowest BCUT2D eigenvalue weighted by Crippen LogP contribution is -2.45. The van der Waals surface area contributed by atoms with Crippen molar-refractivity contribution in [3.05, 3.63) is 106 Å². The minimum absolute atomic E-state index is 0.0876. The number of nitro benzene ring substituents is 1. The Morgan fingerprint density at radius 1 is 0.762 bits per heavy atom. The van der Waals surface area contributed by atoms with Crippen molar-refractivity contribution in [2.75, 3.05) is 37.6 Å². The number of carbonyl (C=O) groups excluding carboxylic acids is 2. The van der Waals surface area contributed by atoms with Crippen LogP contribution in [0.5, 0.6) is 0 Å². The summed E-state index contributed by atoms with van der Waals surface area (Å²) in [6.07, 6.45) is 0. The van der Waals surface area contributed by atoms with Crippen molar-refractivity contribution in [2.24, 2.45) is 0 Å². The molecule has 12 nitrogen and oxygen atoms in total. The zero-order valence-electron chi connectivity index (χ0n) is 23.5. The highest BCUT2D eigenvalue weighted by atomic mass is 16.6. The third-order valence-electron chi connectivity index (χ3n) is 6.25. The molecule has 0 radical (unpaired) electrons. The summed E-state index contributed by atoms with van der Waals surface area (Å²) >= 11 is 0. The number of likely N-dealkylation sites (N-methyl/N-ethyl adjacent to an activating group) is 1. The van der Waals surface area contributed by atoms with E-state index >= 15 is 0 Å². The molecule has 3 aromatic carbocycles. The summed E-state index contributed by atoms with van der Waals surface area (Å²) in [6.45, 7) is 6.99. The molecule has 0 fully saturated rings. The van der Waals surface area contributed by atoms with Crippen LogP contribution in [0.3, 0.4) is 0 Å². The number of anilines is 1. The number of aliphatic carboxylic acids is 2. The van der Waals surface area contributed by atoms with Gasteiger partial charge in [0.05, 0.1) is 11.5 Å². The number of hydrogen-bond acceptors (Lipinski definition) is 7. The fourth-order valence-corrected chi connectivity index (χ4v) is 3.91. The second kappa shape index (κ2) is 16.9. The summed E-state index contributed by atoms with van der Waals surface area (Å²) in [5.41, 5.74) is 1.95. The first-order valence-corrected chi connectivity index (χ1v) is 13.2. The quantitative estimate of drug-likeness (QED) is 0.185. The van der Waals surface area contributed by atoms with Gasteiger partial charge in [-0.05, 0) is 42.9 Å². The van der Waals surface area contributed by atoms with Gasteiger partial charge in [0.25, 0.3) is 11.6 Å². The Labute approximate surface area is 243 Å². The van der Waals surface area contributed by atoms with Crippen LogP contribution in [-0.2, 0) is 20.9 Å². The van der Waals surface area contributed by atoms with E-state index in [1.165, 1.54) is 29.2 Å². The molecule has 12 heteroatoms. The van der Waals surface area contributed by atoms with Crippen molar-refractivity contribution in [3.8, 4) is 0 Å². The number of carbonyl (C=O) groups is 4. The van der Waals surface area contributed by atoms with Crippen LogP contribution in [0.25, 0.3) is 0 Å². The van der Waals surface area contributed by atoms with Gasteiger partial charge in [-0.25, -0.2) is 9.59 Å². The SMILES string of the molecule is CCN(CC)CCN(CC(=O)N(Cc1ccccc1)c1ccccc1)C(=O)c1ccc([N+](=O)[O-])cc1.O=C(O)C(=O)O. The van der Waals surface area contributed by atoms with Gasteiger partial charge in [-0.15, -0.1) is 0 Å². The van der Waals surface area contributed by atoms with Crippen LogP contribution in [0.1, 0.15) is 29.8 Å². The molecule has 0 heterocycles. The van der Waals surface area contributed by atoms with Gasteiger partial charge in [0.1, 0.15) is 6.54 Å². The fourth-order valence-electron chi connectivity index (χ4n) is 3.91. The van der Waals surface area contributed by atoms with Gasteiger partial charge >= 0.3 is 11.9 Å². The topological polar surface area (TPSA) is 162 Å². The summed E-state index contributed by atoms with van der Waals surface area (Å²) in [6, 6.07) is 24.6. The predicted molar refractivity (Wildman–Crippen MR) is 156 cm³/mol. The van der Waals surface area contributed by atoms with Gasteiger partial charge in [0, 0.05) is 36.5 Å². The zero-order chi connectivity index (χ0) is 31.1. The highest BCUT2D eigenvalue weighted by Gasteiger charge is 2.24. The Bertz CT molecular complexity index is 1320. The van der Waals surface area contributed by atoms with Gasteiger partial charge in [-0.2, -0.15) is 0 Å². The molecule has 0 bridgehead atoms. The molecule has 3 rings (SSSR count). The van der Waals surface area contributed by atoms with Gasteiger partial charge < -0.3 is 24.9 Å². The summed E-state index contributed by atoms with van der Waals surface area (Å²) in [4.78, 5) is 61.2. The third kappa shape index (κ3) is 10.5. The fraction of sp³-hybridized carbons (Fsp3) is 0.267. The predicted octanol–water partition coefficient (Wildman–Crippen LogP) is 3.77. The Morgan fingerprint density at radius 2 is 1.29 bits per heavy atom. The lowest BCUT2D eigenvalue weighted by Gasteiger charge is -2.29. The number of hydrogen-bond donors (Lipinski definition) is 2. The minimum atomic E-state index is -1.82. The second-order valence-electron chi connectivity index (χ2n) is 8.97. The lowest BCUT2D eigenvalue weighted by molar-refractivity contribution is -0.384. The summed E-state index contributed by atoms with van der Waals surface area (Å²) in [5, 5.41) is 25.8. The molecule has 0 atom stereocenters. The molecule has 0 spiro atoms. The van der Waals surface area contributed by atoms with E-state index in [-0.39, 0.29) is 24.0 Å². The van der Waals surface area contributed by atoms with E-state index in [1.54, 1.807) is 4.90 Å². The first-order valence-electron chi connectivity index (χ1n) is 13.2. The molecule has 0 aliphatic rings. The van der Waals surface area contributed by atoms with Crippen molar-refractivity contribution in [1.82, 2.24) is 9.80 Å². The van der Waals surface area contributed by atoms with Crippen LogP contribution in [0, 0.1) is 10.1 Å². The molecule has 42 heavy (non-hydrogen) atoms. The van der Waals surface area contributed by atoms with Gasteiger partial charge in [0.15, 0.2) is 0 Å². The maximum atomic E-state index is 13.7. The number of non-ortho nitro benzene ring substituents is 1. The van der Waals surface area contributed by atoms with Crippen molar-refractivity contribution in [2.45, 2.75) is 20.4 Å². The Morgan fingerprint density at radius 3 is 1.76 bits per heavy atom. The van der Waals surface area contributed by atoms with E-state index in [0.29, 0.717) is 25.2 Å². The van der Waals surface area contributed by atoms with Gasteiger partial charge in [-0.3, -0.25) is 19.7 Å². The van der Waals surface area contributed by atoms with Crippen molar-refractivity contribution in [1.29, 1.82) is 0 Å². The average Bonchev–Trinajstić information content (AvgIpc) is 3.00. The second-order valence-corrected chi connectivity index (χ2v) is 8.97. The van der Waals surface area contributed by atoms with Crippen LogP contribution in [0.2, 0.25) is 0 Å². The number of nitro groups is 1. The smallest absolute Gasteiger partial charge is 0.414 e. The molecule has 0 saturated heterocycles. The molecule has 0 aromatic heterocycles. The highest BCUT2D eigenvalue weighted by Crippen LogP contribution is 2.19. The van der Waals surface area contributed by atoms with Crippen molar-refractivity contribution in [3.63, 3.8) is 0 Å². The van der Waals surface area contributed by atoms with E-state index in [9.17, 15) is 19.7 Å². The minimum Gasteiger partial charge on any atom is -0.473 e. The van der Waals surface area contributed by atoms with Crippen LogP contribution >= 0.6 is 0 Å². The van der Waals surface area contributed by atoms with E-state index in [0.717, 1.165) is 24.3 Å². The zero-order valence-corrected chi connectivity index (χ0v) is 23.5. The number of amides is 2. The van der Waals surface area contributed by atoms with Crippen LogP contribution in [0.15, 0.2) is 84.9 Å². The Hall–Kier alpha value is -5.10. The first kappa shape index (κ1) is 33.1. The third-order valence-corrected chi connectivity index (χ3v) is 6.25. The van der Waals surface area contributed by atoms with Crippen LogP contribution in [0.4, 0.5) is 11.4 Å². The molecule has 2 N–H and O–H groups in total. The molecular formula is C30H34N4O8. The number of carboxylic acids is 2. The standard InChI is InChI=1S/C28H32N4O4.C2H2O4/c1-3-29(4-2)19-20-30(28(34)24-15-17-26(18-16-24)32(35)36)22-27(33)31(25-13-9-6-10-14-25)21-23-11-7-5-8-12-23;3-1(4)2(5)6/h5-18H,3-4,19-22H2,1-2H3;(H,3,4)(H,5,6). The maximum Gasteiger partial charge on any atom is 0.414 e. The van der Waals surface area contributed by atoms with E-state index in [2.05, 4.69) is 4.90 Å². The van der Waals surface area contributed by atoms with Gasteiger partial charge in [-0.1, -0.05) is 62.4 Å². The van der Waals surface area contributed by atoms with Crippen LogP contribution < -0.4 is 4.90 Å². The van der Waals surface area contributed by atoms with E-state index < -0.39 is 16.9 Å². The summed E-state index contributed by atoms with van der Waals surface area (Å²) < 4.78 is 0.